The second kappa shape index (κ2) is 5.13. The molecule has 0 aliphatic heterocycles. The van der Waals surface area contributed by atoms with Crippen molar-refractivity contribution < 1.29 is 23.9 Å². The Balaban J connectivity index is 2.41. The molecular formula is C10H17O5P. The van der Waals surface area contributed by atoms with Crippen LogP contribution >= 0.6 is 7.60 Å². The monoisotopic (exact) mass is 248 g/mol. The number of ether oxygens (including phenoxy) is 1. The Morgan fingerprint density at radius 3 is 2.19 bits per heavy atom. The van der Waals surface area contributed by atoms with Gasteiger partial charge in [0.2, 0.25) is 0 Å². The molecule has 0 aromatic carbocycles. The number of carbonyl (C=O) groups excluding carboxylic acids is 1. The maximum absolute atomic E-state index is 11.2. The predicted octanol–water partition coefficient (Wildman–Crippen LogP) is 1.59. The summed E-state index contributed by atoms with van der Waals surface area (Å²) in [6, 6.07) is 0. The van der Waals surface area contributed by atoms with Gasteiger partial charge in [0.15, 0.2) is 0 Å². The molecule has 1 fully saturated rings. The first kappa shape index (κ1) is 13.4. The summed E-state index contributed by atoms with van der Waals surface area (Å²) < 4.78 is 16.1. The lowest BCUT2D eigenvalue weighted by Crippen LogP contribution is -2.27. The minimum absolute atomic E-state index is 0.230. The third-order valence-corrected chi connectivity index (χ3v) is 4.21. The molecule has 0 unspecified atom stereocenters. The third-order valence-electron chi connectivity index (χ3n) is 2.74. The molecule has 0 radical (unpaired) electrons. The van der Waals surface area contributed by atoms with Crippen LogP contribution in [0.1, 0.15) is 32.6 Å². The van der Waals surface area contributed by atoms with Crippen molar-refractivity contribution in [1.82, 2.24) is 0 Å². The first-order valence-electron chi connectivity index (χ1n) is 5.22. The van der Waals surface area contributed by atoms with Gasteiger partial charge in [-0.15, -0.1) is 0 Å². The van der Waals surface area contributed by atoms with Crippen LogP contribution in [0.3, 0.4) is 0 Å². The fourth-order valence-corrected chi connectivity index (χ4v) is 2.72. The molecule has 2 N–H and O–H groups in total. The van der Waals surface area contributed by atoms with Crippen LogP contribution in [0.2, 0.25) is 0 Å². The number of hydrogen-bond donors (Lipinski definition) is 2. The minimum atomic E-state index is -3.98. The standard InChI is InChI=1S/C10H17O5P/c1-7(2)10(11)15-8-3-5-9(6-4-8)16(12,13)14/h8-9H,1,3-6H2,2H3,(H2,12,13,14). The smallest absolute Gasteiger partial charge is 0.333 e. The zero-order chi connectivity index (χ0) is 12.3. The molecule has 0 heterocycles. The largest absolute Gasteiger partial charge is 0.459 e. The van der Waals surface area contributed by atoms with E-state index in [0.29, 0.717) is 31.3 Å². The van der Waals surface area contributed by atoms with Crippen molar-refractivity contribution in [3.05, 3.63) is 12.2 Å². The van der Waals surface area contributed by atoms with Crippen molar-refractivity contribution in [2.24, 2.45) is 0 Å². The van der Waals surface area contributed by atoms with Crippen LogP contribution < -0.4 is 0 Å². The van der Waals surface area contributed by atoms with Crippen LogP contribution in [0.5, 0.6) is 0 Å². The molecule has 0 aromatic heterocycles. The topological polar surface area (TPSA) is 83.8 Å². The number of esters is 1. The molecule has 1 saturated carbocycles. The van der Waals surface area contributed by atoms with Gasteiger partial charge < -0.3 is 14.5 Å². The Kier molecular flexibility index (Phi) is 4.30. The summed E-state index contributed by atoms with van der Waals surface area (Å²) in [6.45, 7) is 5.05. The summed E-state index contributed by atoms with van der Waals surface area (Å²) >= 11 is 0. The average molecular weight is 248 g/mol. The highest BCUT2D eigenvalue weighted by molar-refractivity contribution is 7.52. The van der Waals surface area contributed by atoms with Crippen LogP contribution in [0.4, 0.5) is 0 Å². The van der Waals surface area contributed by atoms with E-state index in [1.807, 2.05) is 0 Å². The van der Waals surface area contributed by atoms with Crippen molar-refractivity contribution in [1.29, 1.82) is 0 Å². The highest BCUT2D eigenvalue weighted by Gasteiger charge is 2.34. The Hall–Kier alpha value is -0.640. The Bertz CT molecular complexity index is 324. The predicted molar refractivity (Wildman–Crippen MR) is 59.0 cm³/mol. The lowest BCUT2D eigenvalue weighted by molar-refractivity contribution is -0.145. The Morgan fingerprint density at radius 2 is 1.81 bits per heavy atom. The van der Waals surface area contributed by atoms with Crippen molar-refractivity contribution in [3.8, 4) is 0 Å². The first-order valence-corrected chi connectivity index (χ1v) is 6.90. The van der Waals surface area contributed by atoms with E-state index in [-0.39, 0.29) is 6.10 Å². The summed E-state index contributed by atoms with van der Waals surface area (Å²) in [4.78, 5) is 29.2. The maximum atomic E-state index is 11.2. The second-order valence-electron chi connectivity index (χ2n) is 4.21. The molecule has 6 heteroatoms. The molecule has 0 bridgehead atoms. The molecule has 0 saturated heterocycles. The third kappa shape index (κ3) is 3.74. The normalized spacial score (nSPS) is 26.2. The summed E-state index contributed by atoms with van der Waals surface area (Å²) in [7, 11) is -3.98. The fourth-order valence-electron chi connectivity index (χ4n) is 1.75. The molecular weight excluding hydrogens is 231 g/mol. The van der Waals surface area contributed by atoms with E-state index in [1.165, 1.54) is 0 Å². The van der Waals surface area contributed by atoms with Gasteiger partial charge in [0.05, 0.1) is 5.66 Å². The maximum Gasteiger partial charge on any atom is 0.333 e. The number of hydrogen-bond acceptors (Lipinski definition) is 3. The van der Waals surface area contributed by atoms with Gasteiger partial charge in [0.25, 0.3) is 0 Å². The minimum Gasteiger partial charge on any atom is -0.459 e. The molecule has 0 atom stereocenters. The zero-order valence-corrected chi connectivity index (χ0v) is 10.2. The van der Waals surface area contributed by atoms with Crippen LogP contribution in [0.15, 0.2) is 12.2 Å². The van der Waals surface area contributed by atoms with Gasteiger partial charge >= 0.3 is 13.6 Å². The number of carbonyl (C=O) groups is 1. The van der Waals surface area contributed by atoms with Gasteiger partial charge in [-0.3, -0.25) is 4.57 Å². The Labute approximate surface area is 94.7 Å². The summed E-state index contributed by atoms with van der Waals surface area (Å²) in [5.41, 5.74) is -0.232. The summed E-state index contributed by atoms with van der Waals surface area (Å²) in [6.07, 6.45) is 1.59. The molecule has 16 heavy (non-hydrogen) atoms. The number of rotatable bonds is 3. The first-order chi connectivity index (χ1) is 7.30. The van der Waals surface area contributed by atoms with E-state index in [9.17, 15) is 9.36 Å². The van der Waals surface area contributed by atoms with Crippen LogP contribution in [-0.2, 0) is 14.1 Å². The second-order valence-corrected chi connectivity index (χ2v) is 6.11. The van der Waals surface area contributed by atoms with Crippen molar-refractivity contribution in [3.63, 3.8) is 0 Å². The van der Waals surface area contributed by atoms with Crippen molar-refractivity contribution in [2.45, 2.75) is 44.4 Å². The summed E-state index contributed by atoms with van der Waals surface area (Å²) in [5, 5.41) is 0. The molecule has 0 amide bonds. The van der Waals surface area contributed by atoms with Gasteiger partial charge in [-0.25, -0.2) is 4.79 Å². The average Bonchev–Trinajstić information content (AvgIpc) is 2.17. The van der Waals surface area contributed by atoms with E-state index < -0.39 is 19.2 Å². The molecule has 5 nitrogen and oxygen atoms in total. The SMILES string of the molecule is C=C(C)C(=O)OC1CCC(P(=O)(O)O)CC1. The molecule has 1 aliphatic rings. The van der Waals surface area contributed by atoms with Gasteiger partial charge in [-0.2, -0.15) is 0 Å². The van der Waals surface area contributed by atoms with Gasteiger partial charge in [-0.1, -0.05) is 6.58 Å². The quantitative estimate of drug-likeness (QED) is 0.450. The molecule has 1 aliphatic carbocycles. The highest BCUT2D eigenvalue weighted by atomic mass is 31.2. The van der Waals surface area contributed by atoms with Crippen LogP contribution in [0, 0.1) is 0 Å². The van der Waals surface area contributed by atoms with Gasteiger partial charge in [0.1, 0.15) is 6.10 Å². The fraction of sp³-hybridized carbons (Fsp3) is 0.700. The van der Waals surface area contributed by atoms with Crippen LogP contribution in [0.25, 0.3) is 0 Å². The van der Waals surface area contributed by atoms with Crippen LogP contribution in [-0.4, -0.2) is 27.5 Å². The lowest BCUT2D eigenvalue weighted by atomic mass is 9.97. The van der Waals surface area contributed by atoms with Crippen molar-refractivity contribution >= 4 is 13.6 Å². The van der Waals surface area contributed by atoms with E-state index in [0.717, 1.165) is 0 Å². The van der Waals surface area contributed by atoms with Gasteiger partial charge in [-0.05, 0) is 32.6 Å². The zero-order valence-electron chi connectivity index (χ0n) is 9.26. The molecule has 1 rings (SSSR count). The summed E-state index contributed by atoms with van der Waals surface area (Å²) in [5.74, 6) is -0.431. The van der Waals surface area contributed by atoms with Crippen molar-refractivity contribution in [2.75, 3.05) is 0 Å². The van der Waals surface area contributed by atoms with E-state index in [2.05, 4.69) is 6.58 Å². The Morgan fingerprint density at radius 1 is 1.31 bits per heavy atom. The van der Waals surface area contributed by atoms with E-state index in [4.69, 9.17) is 14.5 Å². The van der Waals surface area contributed by atoms with E-state index in [1.54, 1.807) is 6.92 Å². The van der Waals surface area contributed by atoms with Gasteiger partial charge in [0, 0.05) is 5.57 Å². The highest BCUT2D eigenvalue weighted by Crippen LogP contribution is 2.48. The van der Waals surface area contributed by atoms with E-state index >= 15 is 0 Å². The molecule has 0 aromatic rings. The molecule has 92 valence electrons. The molecule has 0 spiro atoms. The lowest BCUT2D eigenvalue weighted by Gasteiger charge is -2.28.